The number of hydrogen-bond donors (Lipinski definition) is 3. The maximum Gasteiger partial charge on any atom is 0.228 e. The summed E-state index contributed by atoms with van der Waals surface area (Å²) in [6.07, 6.45) is 1.39. The molecule has 1 aliphatic heterocycles. The fourth-order valence-electron chi connectivity index (χ4n) is 3.25. The molecule has 2 aromatic carbocycles. The van der Waals surface area contributed by atoms with Gasteiger partial charge in [0.2, 0.25) is 5.91 Å². The number of anilines is 1. The fraction of sp³-hybridized carbons (Fsp3) is 0.238. The summed E-state index contributed by atoms with van der Waals surface area (Å²) < 4.78 is 0. The monoisotopic (exact) mass is 378 g/mol. The number of amides is 1. The van der Waals surface area contributed by atoms with Crippen LogP contribution in [0.15, 0.2) is 53.9 Å². The van der Waals surface area contributed by atoms with E-state index in [4.69, 9.17) is 0 Å². The minimum Gasteiger partial charge on any atom is -0.326 e. The molecule has 4 rings (SSSR count). The molecule has 1 fully saturated rings. The second-order valence-corrected chi connectivity index (χ2v) is 7.77. The van der Waals surface area contributed by atoms with Crippen molar-refractivity contribution in [2.75, 3.05) is 11.9 Å². The van der Waals surface area contributed by atoms with Crippen LogP contribution in [0.25, 0.3) is 11.3 Å². The van der Waals surface area contributed by atoms with E-state index in [0.29, 0.717) is 12.5 Å². The largest absolute Gasteiger partial charge is 0.326 e. The average Bonchev–Trinajstić information content (AvgIpc) is 3.34. The summed E-state index contributed by atoms with van der Waals surface area (Å²) in [4.78, 5) is 16.9. The van der Waals surface area contributed by atoms with Crippen LogP contribution < -0.4 is 16.2 Å². The molecule has 0 spiro atoms. The Morgan fingerprint density at radius 2 is 2.11 bits per heavy atom. The Morgan fingerprint density at radius 1 is 1.26 bits per heavy atom. The highest BCUT2D eigenvalue weighted by molar-refractivity contribution is 7.09. The smallest absolute Gasteiger partial charge is 0.228 e. The van der Waals surface area contributed by atoms with Gasteiger partial charge in [-0.05, 0) is 36.6 Å². The van der Waals surface area contributed by atoms with Gasteiger partial charge >= 0.3 is 0 Å². The number of carbonyl (C=O) groups excluding carboxylic acids is 1. The van der Waals surface area contributed by atoms with Crippen molar-refractivity contribution < 1.29 is 4.79 Å². The number of nitrogens with zero attached hydrogens (tertiary/aromatic N) is 1. The Labute approximate surface area is 162 Å². The molecule has 1 amide bonds. The van der Waals surface area contributed by atoms with Crippen molar-refractivity contribution in [3.05, 3.63) is 70.0 Å². The molecule has 2 heterocycles. The Hall–Kier alpha value is -2.54. The number of hydrazine groups is 1. The predicted octanol–water partition coefficient (Wildman–Crippen LogP) is 3.84. The summed E-state index contributed by atoms with van der Waals surface area (Å²) in [7, 11) is 0. The van der Waals surface area contributed by atoms with Gasteiger partial charge in [0.15, 0.2) is 0 Å². The zero-order valence-corrected chi connectivity index (χ0v) is 16.0. The van der Waals surface area contributed by atoms with E-state index in [1.807, 2.05) is 49.4 Å². The number of nitrogens with one attached hydrogen (secondary N) is 3. The maximum absolute atomic E-state index is 12.4. The lowest BCUT2D eigenvalue weighted by Crippen LogP contribution is -2.24. The van der Waals surface area contributed by atoms with Crippen molar-refractivity contribution in [3.63, 3.8) is 0 Å². The zero-order chi connectivity index (χ0) is 18.6. The third-order valence-corrected chi connectivity index (χ3v) is 5.41. The van der Waals surface area contributed by atoms with Gasteiger partial charge in [0, 0.05) is 29.2 Å². The van der Waals surface area contributed by atoms with Gasteiger partial charge < -0.3 is 5.32 Å². The van der Waals surface area contributed by atoms with Crippen LogP contribution in [0, 0.1) is 6.92 Å². The van der Waals surface area contributed by atoms with Crippen LogP contribution >= 0.6 is 11.3 Å². The van der Waals surface area contributed by atoms with Gasteiger partial charge in [-0.15, -0.1) is 11.3 Å². The van der Waals surface area contributed by atoms with E-state index in [2.05, 4.69) is 32.6 Å². The van der Waals surface area contributed by atoms with Crippen LogP contribution in [-0.4, -0.2) is 17.4 Å². The van der Waals surface area contributed by atoms with E-state index in [1.54, 1.807) is 11.3 Å². The molecule has 0 bridgehead atoms. The molecule has 138 valence electrons. The van der Waals surface area contributed by atoms with Crippen molar-refractivity contribution >= 4 is 22.9 Å². The summed E-state index contributed by atoms with van der Waals surface area (Å²) >= 11 is 1.64. The number of aromatic nitrogens is 1. The van der Waals surface area contributed by atoms with Crippen molar-refractivity contribution in [2.45, 2.75) is 25.8 Å². The second-order valence-electron chi connectivity index (χ2n) is 6.71. The third kappa shape index (κ3) is 4.42. The van der Waals surface area contributed by atoms with Gasteiger partial charge in [0.25, 0.3) is 0 Å². The molecule has 5 nitrogen and oxygen atoms in total. The first kappa shape index (κ1) is 17.9. The first-order chi connectivity index (χ1) is 13.2. The highest BCUT2D eigenvalue weighted by Gasteiger charge is 2.16. The molecule has 6 heteroatoms. The third-order valence-electron chi connectivity index (χ3n) is 4.64. The number of hydrogen-bond acceptors (Lipinski definition) is 5. The van der Waals surface area contributed by atoms with Crippen molar-refractivity contribution in [1.29, 1.82) is 0 Å². The standard InChI is InChI=1S/C21H22N4OS/c1-14-23-20(13-27-14)16-7-5-15(6-8-16)11-21(26)24-18-4-2-3-17(12-18)19-9-10-22-25-19/h2-8,12-13,19,22,25H,9-11H2,1H3,(H,24,26). The lowest BCUT2D eigenvalue weighted by molar-refractivity contribution is -0.115. The molecule has 27 heavy (non-hydrogen) atoms. The Balaban J connectivity index is 1.38. The van der Waals surface area contributed by atoms with Gasteiger partial charge in [-0.2, -0.15) is 0 Å². The number of benzene rings is 2. The van der Waals surface area contributed by atoms with E-state index in [-0.39, 0.29) is 5.91 Å². The predicted molar refractivity (Wildman–Crippen MR) is 110 cm³/mol. The zero-order valence-electron chi connectivity index (χ0n) is 15.2. The Morgan fingerprint density at radius 3 is 2.81 bits per heavy atom. The second kappa shape index (κ2) is 8.00. The molecule has 0 aliphatic carbocycles. The molecular formula is C21H22N4OS. The summed E-state index contributed by atoms with van der Waals surface area (Å²) in [5, 5.41) is 6.12. The number of aryl methyl sites for hydroxylation is 1. The van der Waals surface area contributed by atoms with Gasteiger partial charge in [0.05, 0.1) is 17.1 Å². The van der Waals surface area contributed by atoms with Crippen molar-refractivity contribution in [1.82, 2.24) is 15.8 Å². The molecule has 3 aromatic rings. The van der Waals surface area contributed by atoms with Gasteiger partial charge in [-0.1, -0.05) is 36.4 Å². The minimum absolute atomic E-state index is 0.0121. The molecule has 1 saturated heterocycles. The molecule has 0 radical (unpaired) electrons. The average molecular weight is 379 g/mol. The molecular weight excluding hydrogens is 356 g/mol. The van der Waals surface area contributed by atoms with Crippen LogP contribution in [0.2, 0.25) is 0 Å². The first-order valence-corrected chi connectivity index (χ1v) is 9.95. The summed E-state index contributed by atoms with van der Waals surface area (Å²) in [6, 6.07) is 16.4. The normalized spacial score (nSPS) is 16.4. The number of thiazole rings is 1. The summed E-state index contributed by atoms with van der Waals surface area (Å²) in [5.74, 6) is -0.0121. The van der Waals surface area contributed by atoms with E-state index in [9.17, 15) is 4.79 Å². The molecule has 0 saturated carbocycles. The lowest BCUT2D eigenvalue weighted by atomic mass is 10.0. The molecule has 1 unspecified atom stereocenters. The maximum atomic E-state index is 12.4. The first-order valence-electron chi connectivity index (χ1n) is 9.07. The molecule has 3 N–H and O–H groups in total. The molecule has 1 aliphatic rings. The Kier molecular flexibility index (Phi) is 5.29. The van der Waals surface area contributed by atoms with Crippen LogP contribution in [0.1, 0.15) is 28.6 Å². The molecule has 1 atom stereocenters. The van der Waals surface area contributed by atoms with Crippen LogP contribution in [0.3, 0.4) is 0 Å². The van der Waals surface area contributed by atoms with Gasteiger partial charge in [-0.3, -0.25) is 15.6 Å². The van der Waals surface area contributed by atoms with E-state index < -0.39 is 0 Å². The highest BCUT2D eigenvalue weighted by atomic mass is 32.1. The van der Waals surface area contributed by atoms with Crippen molar-refractivity contribution in [3.8, 4) is 11.3 Å². The quantitative estimate of drug-likeness (QED) is 0.631. The van der Waals surface area contributed by atoms with Crippen LogP contribution in [0.5, 0.6) is 0 Å². The van der Waals surface area contributed by atoms with Crippen molar-refractivity contribution in [2.24, 2.45) is 0 Å². The Bertz CT molecular complexity index is 929. The summed E-state index contributed by atoms with van der Waals surface area (Å²) in [5.41, 5.74) is 11.5. The topological polar surface area (TPSA) is 66.0 Å². The molecule has 1 aromatic heterocycles. The van der Waals surface area contributed by atoms with Crippen LogP contribution in [-0.2, 0) is 11.2 Å². The van der Waals surface area contributed by atoms with Gasteiger partial charge in [-0.25, -0.2) is 4.98 Å². The van der Waals surface area contributed by atoms with Gasteiger partial charge in [0.1, 0.15) is 0 Å². The number of carbonyl (C=O) groups is 1. The lowest BCUT2D eigenvalue weighted by Gasteiger charge is -2.12. The van der Waals surface area contributed by atoms with Crippen LogP contribution in [0.4, 0.5) is 5.69 Å². The number of rotatable bonds is 5. The summed E-state index contributed by atoms with van der Waals surface area (Å²) in [6.45, 7) is 2.96. The fourth-order valence-corrected chi connectivity index (χ4v) is 3.87. The van der Waals surface area contributed by atoms with E-state index in [0.717, 1.165) is 40.5 Å². The minimum atomic E-state index is -0.0121. The van der Waals surface area contributed by atoms with E-state index in [1.165, 1.54) is 5.56 Å². The SMILES string of the molecule is Cc1nc(-c2ccc(CC(=O)Nc3cccc(C4CCNN4)c3)cc2)cs1. The highest BCUT2D eigenvalue weighted by Crippen LogP contribution is 2.23. The van der Waals surface area contributed by atoms with E-state index >= 15 is 0 Å².